The standard InChI is InChI=1S/C12H15FN2O3S/c1-7(19-6-11(16)18-2)12(17)15-10-4-3-8(13)5-9(10)14/h3-5,7H,6,14H2,1-2H3,(H,15,17). The second-order valence-electron chi connectivity index (χ2n) is 3.75. The van der Waals surface area contributed by atoms with Gasteiger partial charge in [0.25, 0.3) is 0 Å². The number of hydrogen-bond acceptors (Lipinski definition) is 5. The van der Waals surface area contributed by atoms with Crippen molar-refractivity contribution >= 4 is 35.0 Å². The molecular weight excluding hydrogens is 271 g/mol. The maximum atomic E-state index is 12.8. The van der Waals surface area contributed by atoms with Crippen molar-refractivity contribution in [2.24, 2.45) is 0 Å². The Hall–Kier alpha value is -1.76. The molecule has 1 amide bonds. The highest BCUT2D eigenvalue weighted by Crippen LogP contribution is 2.21. The van der Waals surface area contributed by atoms with Crippen LogP contribution in [0.1, 0.15) is 6.92 Å². The highest BCUT2D eigenvalue weighted by Gasteiger charge is 2.16. The van der Waals surface area contributed by atoms with Crippen LogP contribution < -0.4 is 11.1 Å². The summed E-state index contributed by atoms with van der Waals surface area (Å²) in [6, 6.07) is 3.72. The van der Waals surface area contributed by atoms with E-state index in [1.54, 1.807) is 6.92 Å². The summed E-state index contributed by atoms with van der Waals surface area (Å²) in [5, 5.41) is 2.12. The van der Waals surface area contributed by atoms with Crippen LogP contribution in [0.25, 0.3) is 0 Å². The van der Waals surface area contributed by atoms with Gasteiger partial charge in [-0.25, -0.2) is 4.39 Å². The largest absolute Gasteiger partial charge is 0.468 e. The van der Waals surface area contributed by atoms with Crippen LogP contribution in [0.15, 0.2) is 18.2 Å². The highest BCUT2D eigenvalue weighted by atomic mass is 32.2. The lowest BCUT2D eigenvalue weighted by Gasteiger charge is -2.12. The van der Waals surface area contributed by atoms with Gasteiger partial charge in [0.05, 0.1) is 29.5 Å². The minimum atomic E-state index is -0.469. The maximum Gasteiger partial charge on any atom is 0.315 e. The van der Waals surface area contributed by atoms with Crippen LogP contribution in [0.2, 0.25) is 0 Å². The first-order chi connectivity index (χ1) is 8.93. The molecule has 1 atom stereocenters. The van der Waals surface area contributed by atoms with Crippen LogP contribution in [0, 0.1) is 5.82 Å². The molecule has 3 N–H and O–H groups in total. The average molecular weight is 286 g/mol. The molecule has 0 aliphatic heterocycles. The van der Waals surface area contributed by atoms with E-state index < -0.39 is 17.0 Å². The second kappa shape index (κ2) is 6.98. The SMILES string of the molecule is COC(=O)CSC(C)C(=O)Nc1ccc(F)cc1N. The number of rotatable bonds is 5. The van der Waals surface area contributed by atoms with Gasteiger partial charge in [-0.3, -0.25) is 9.59 Å². The van der Waals surface area contributed by atoms with E-state index >= 15 is 0 Å². The summed E-state index contributed by atoms with van der Waals surface area (Å²) in [4.78, 5) is 22.8. The van der Waals surface area contributed by atoms with Gasteiger partial charge in [0.15, 0.2) is 0 Å². The molecule has 0 radical (unpaired) electrons. The first-order valence-corrected chi connectivity index (χ1v) is 6.53. The molecule has 5 nitrogen and oxygen atoms in total. The molecule has 104 valence electrons. The molecule has 0 heterocycles. The predicted molar refractivity (Wildman–Crippen MR) is 73.4 cm³/mol. The smallest absolute Gasteiger partial charge is 0.315 e. The van der Waals surface area contributed by atoms with Crippen molar-refractivity contribution in [3.05, 3.63) is 24.0 Å². The molecule has 1 unspecified atom stereocenters. The number of halogens is 1. The zero-order chi connectivity index (χ0) is 14.4. The number of ether oxygens (including phenoxy) is 1. The molecule has 0 saturated heterocycles. The molecule has 0 spiro atoms. The van der Waals surface area contributed by atoms with Crippen LogP contribution in [-0.2, 0) is 14.3 Å². The minimum absolute atomic E-state index is 0.0873. The van der Waals surface area contributed by atoms with Gasteiger partial charge in [-0.15, -0.1) is 11.8 Å². The number of hydrogen-bond donors (Lipinski definition) is 2. The van der Waals surface area contributed by atoms with Crippen LogP contribution >= 0.6 is 11.8 Å². The number of nitrogen functional groups attached to an aromatic ring is 1. The number of benzene rings is 1. The van der Waals surface area contributed by atoms with Crippen LogP contribution in [0.3, 0.4) is 0 Å². The Kier molecular flexibility index (Phi) is 5.62. The van der Waals surface area contributed by atoms with Crippen molar-refractivity contribution < 1.29 is 18.7 Å². The lowest BCUT2D eigenvalue weighted by Crippen LogP contribution is -2.24. The third kappa shape index (κ3) is 4.78. The topological polar surface area (TPSA) is 81.4 Å². The quantitative estimate of drug-likeness (QED) is 0.635. The van der Waals surface area contributed by atoms with E-state index in [-0.39, 0.29) is 17.3 Å². The number of anilines is 2. The van der Waals surface area contributed by atoms with E-state index in [2.05, 4.69) is 10.1 Å². The van der Waals surface area contributed by atoms with Crippen LogP contribution in [-0.4, -0.2) is 30.0 Å². The fourth-order valence-corrected chi connectivity index (χ4v) is 1.92. The third-order valence-electron chi connectivity index (χ3n) is 2.32. The Bertz CT molecular complexity index is 482. The number of carbonyl (C=O) groups excluding carboxylic acids is 2. The average Bonchev–Trinajstić information content (AvgIpc) is 2.38. The number of amides is 1. The van der Waals surface area contributed by atoms with Gasteiger partial charge in [-0.1, -0.05) is 0 Å². The zero-order valence-corrected chi connectivity index (χ0v) is 11.4. The Morgan fingerprint density at radius 2 is 2.21 bits per heavy atom. The van der Waals surface area contributed by atoms with Crippen molar-refractivity contribution in [2.45, 2.75) is 12.2 Å². The minimum Gasteiger partial charge on any atom is -0.468 e. The van der Waals surface area contributed by atoms with Gasteiger partial charge in [0, 0.05) is 0 Å². The van der Waals surface area contributed by atoms with Crippen molar-refractivity contribution in [2.75, 3.05) is 23.9 Å². The first-order valence-electron chi connectivity index (χ1n) is 5.48. The van der Waals surface area contributed by atoms with Gasteiger partial charge < -0.3 is 15.8 Å². The highest BCUT2D eigenvalue weighted by molar-refractivity contribution is 8.01. The normalized spacial score (nSPS) is 11.7. The fourth-order valence-electron chi connectivity index (χ4n) is 1.21. The van der Waals surface area contributed by atoms with Crippen molar-refractivity contribution in [1.29, 1.82) is 0 Å². The second-order valence-corrected chi connectivity index (χ2v) is 5.08. The first kappa shape index (κ1) is 15.3. The molecule has 0 fully saturated rings. The number of thioether (sulfide) groups is 1. The molecule has 0 aromatic heterocycles. The Morgan fingerprint density at radius 3 is 2.79 bits per heavy atom. The van der Waals surface area contributed by atoms with Gasteiger partial charge in [0.2, 0.25) is 5.91 Å². The summed E-state index contributed by atoms with van der Waals surface area (Å²) in [7, 11) is 1.28. The monoisotopic (exact) mass is 286 g/mol. The molecule has 1 aromatic rings. The number of carbonyl (C=O) groups is 2. The fraction of sp³-hybridized carbons (Fsp3) is 0.333. The molecule has 0 aliphatic carbocycles. The number of methoxy groups -OCH3 is 1. The lowest BCUT2D eigenvalue weighted by molar-refractivity contribution is -0.137. The number of esters is 1. The summed E-state index contributed by atoms with van der Waals surface area (Å²) in [5.41, 5.74) is 6.07. The molecule has 1 rings (SSSR count). The van der Waals surface area contributed by atoms with E-state index in [1.165, 1.54) is 19.2 Å². The lowest BCUT2D eigenvalue weighted by atomic mass is 10.2. The Morgan fingerprint density at radius 1 is 1.53 bits per heavy atom. The van der Waals surface area contributed by atoms with Gasteiger partial charge in [-0.05, 0) is 25.1 Å². The van der Waals surface area contributed by atoms with Crippen molar-refractivity contribution in [3.8, 4) is 0 Å². The van der Waals surface area contributed by atoms with E-state index in [4.69, 9.17) is 5.73 Å². The summed E-state index contributed by atoms with van der Waals surface area (Å²) in [6.45, 7) is 1.66. The number of nitrogens with one attached hydrogen (secondary N) is 1. The van der Waals surface area contributed by atoms with Crippen LogP contribution in [0.5, 0.6) is 0 Å². The molecular formula is C12H15FN2O3S. The van der Waals surface area contributed by atoms with Gasteiger partial charge >= 0.3 is 5.97 Å². The maximum absolute atomic E-state index is 12.8. The summed E-state index contributed by atoms with van der Waals surface area (Å²) in [6.07, 6.45) is 0. The Labute approximate surface area is 114 Å². The molecule has 0 bridgehead atoms. The molecule has 7 heteroatoms. The predicted octanol–water partition coefficient (Wildman–Crippen LogP) is 1.64. The zero-order valence-electron chi connectivity index (χ0n) is 10.6. The van der Waals surface area contributed by atoms with Gasteiger partial charge in [-0.2, -0.15) is 0 Å². The van der Waals surface area contributed by atoms with E-state index in [0.717, 1.165) is 17.8 Å². The van der Waals surface area contributed by atoms with Crippen molar-refractivity contribution in [1.82, 2.24) is 0 Å². The van der Waals surface area contributed by atoms with Crippen molar-refractivity contribution in [3.63, 3.8) is 0 Å². The van der Waals surface area contributed by atoms with Crippen LogP contribution in [0.4, 0.5) is 15.8 Å². The Balaban J connectivity index is 2.56. The van der Waals surface area contributed by atoms with E-state index in [1.807, 2.05) is 0 Å². The molecule has 19 heavy (non-hydrogen) atoms. The number of nitrogens with two attached hydrogens (primary N) is 1. The summed E-state index contributed by atoms with van der Waals surface area (Å²) in [5.74, 6) is -1.09. The van der Waals surface area contributed by atoms with Gasteiger partial charge in [0.1, 0.15) is 5.82 Å². The van der Waals surface area contributed by atoms with E-state index in [9.17, 15) is 14.0 Å². The summed E-state index contributed by atoms with van der Waals surface area (Å²) < 4.78 is 17.3. The molecule has 1 aromatic carbocycles. The third-order valence-corrected chi connectivity index (χ3v) is 3.44. The molecule has 0 aliphatic rings. The molecule has 0 saturated carbocycles. The van der Waals surface area contributed by atoms with E-state index in [0.29, 0.717) is 5.69 Å². The summed E-state index contributed by atoms with van der Waals surface area (Å²) >= 11 is 1.14.